The van der Waals surface area contributed by atoms with Crippen molar-refractivity contribution < 1.29 is 9.59 Å². The third kappa shape index (κ3) is 3.48. The Bertz CT molecular complexity index is 583. The molecule has 0 radical (unpaired) electrons. The Morgan fingerprint density at radius 3 is 2.79 bits per heavy atom. The van der Waals surface area contributed by atoms with E-state index in [1.807, 2.05) is 0 Å². The van der Waals surface area contributed by atoms with Crippen LogP contribution < -0.4 is 15.5 Å². The second-order valence-electron chi connectivity index (χ2n) is 6.12. The molecule has 8 nitrogen and oxygen atoms in total. The zero-order valence-electron chi connectivity index (χ0n) is 14.0. The Morgan fingerprint density at radius 1 is 1.17 bits per heavy atom. The molecular weight excluding hydrogens is 308 g/mol. The Labute approximate surface area is 141 Å². The van der Waals surface area contributed by atoms with Gasteiger partial charge in [0, 0.05) is 33.2 Å². The van der Waals surface area contributed by atoms with E-state index in [-0.39, 0.29) is 11.8 Å². The first kappa shape index (κ1) is 16.6. The minimum Gasteiger partial charge on any atom is -0.357 e. The van der Waals surface area contributed by atoms with Gasteiger partial charge >= 0.3 is 0 Å². The van der Waals surface area contributed by atoms with E-state index in [4.69, 9.17) is 0 Å². The predicted molar refractivity (Wildman–Crippen MR) is 89.9 cm³/mol. The number of likely N-dealkylation sites (tertiary alicyclic amines) is 1. The summed E-state index contributed by atoms with van der Waals surface area (Å²) in [7, 11) is 1.59. The minimum absolute atomic E-state index is 0.123. The SMILES string of the molecule is CNC(=O)[C@@H]1CCCN1C(=O)c1cnc(N2CCCNCC2)cn1. The van der Waals surface area contributed by atoms with E-state index in [0.717, 1.165) is 44.8 Å². The van der Waals surface area contributed by atoms with Crippen molar-refractivity contribution in [3.05, 3.63) is 18.1 Å². The van der Waals surface area contributed by atoms with E-state index in [1.54, 1.807) is 18.1 Å². The number of hydrogen-bond donors (Lipinski definition) is 2. The molecule has 2 fully saturated rings. The van der Waals surface area contributed by atoms with Gasteiger partial charge in [0.2, 0.25) is 5.91 Å². The fourth-order valence-electron chi connectivity index (χ4n) is 3.27. The van der Waals surface area contributed by atoms with Crippen molar-refractivity contribution in [2.24, 2.45) is 0 Å². The number of carbonyl (C=O) groups is 2. The Kier molecular flexibility index (Phi) is 5.24. The summed E-state index contributed by atoms with van der Waals surface area (Å²) in [5.41, 5.74) is 0.294. The van der Waals surface area contributed by atoms with Crippen LogP contribution in [0.3, 0.4) is 0 Å². The number of aromatic nitrogens is 2. The molecule has 130 valence electrons. The number of nitrogens with one attached hydrogen (secondary N) is 2. The van der Waals surface area contributed by atoms with Crippen molar-refractivity contribution >= 4 is 17.6 Å². The number of amides is 2. The lowest BCUT2D eigenvalue weighted by Gasteiger charge is -2.23. The predicted octanol–water partition coefficient (Wildman–Crippen LogP) is -0.373. The van der Waals surface area contributed by atoms with Gasteiger partial charge < -0.3 is 20.4 Å². The summed E-state index contributed by atoms with van der Waals surface area (Å²) in [6, 6.07) is -0.402. The van der Waals surface area contributed by atoms with Gasteiger partial charge in [0.25, 0.3) is 5.91 Å². The molecule has 0 aromatic carbocycles. The number of anilines is 1. The molecule has 0 saturated carbocycles. The van der Waals surface area contributed by atoms with Crippen LogP contribution in [0.1, 0.15) is 29.8 Å². The summed E-state index contributed by atoms with van der Waals surface area (Å²) < 4.78 is 0. The molecule has 1 aromatic heterocycles. The van der Waals surface area contributed by atoms with Crippen LogP contribution in [0.5, 0.6) is 0 Å². The molecule has 2 saturated heterocycles. The fraction of sp³-hybridized carbons (Fsp3) is 0.625. The van der Waals surface area contributed by atoms with E-state index in [1.165, 1.54) is 6.20 Å². The normalized spacial score (nSPS) is 21.5. The summed E-state index contributed by atoms with van der Waals surface area (Å²) in [5, 5.41) is 5.97. The maximum atomic E-state index is 12.6. The lowest BCUT2D eigenvalue weighted by Crippen LogP contribution is -2.45. The molecule has 0 bridgehead atoms. The smallest absolute Gasteiger partial charge is 0.274 e. The molecule has 0 unspecified atom stereocenters. The van der Waals surface area contributed by atoms with Crippen molar-refractivity contribution in [1.29, 1.82) is 0 Å². The van der Waals surface area contributed by atoms with Crippen LogP contribution >= 0.6 is 0 Å². The molecule has 0 aliphatic carbocycles. The number of likely N-dealkylation sites (N-methyl/N-ethyl adjacent to an activating group) is 1. The first-order valence-corrected chi connectivity index (χ1v) is 8.51. The van der Waals surface area contributed by atoms with Crippen LogP contribution in [0.4, 0.5) is 5.82 Å². The van der Waals surface area contributed by atoms with E-state index < -0.39 is 6.04 Å². The van der Waals surface area contributed by atoms with Gasteiger partial charge in [-0.25, -0.2) is 9.97 Å². The first-order valence-electron chi connectivity index (χ1n) is 8.51. The number of nitrogens with zero attached hydrogens (tertiary/aromatic N) is 4. The maximum absolute atomic E-state index is 12.6. The lowest BCUT2D eigenvalue weighted by molar-refractivity contribution is -0.124. The van der Waals surface area contributed by atoms with Crippen molar-refractivity contribution in [3.8, 4) is 0 Å². The first-order chi connectivity index (χ1) is 11.7. The second kappa shape index (κ2) is 7.57. The molecule has 3 heterocycles. The molecule has 2 aliphatic heterocycles. The zero-order chi connectivity index (χ0) is 16.9. The molecule has 2 N–H and O–H groups in total. The highest BCUT2D eigenvalue weighted by molar-refractivity contribution is 5.96. The number of carbonyl (C=O) groups excluding carboxylic acids is 2. The van der Waals surface area contributed by atoms with Crippen molar-refractivity contribution in [2.45, 2.75) is 25.3 Å². The van der Waals surface area contributed by atoms with Gasteiger partial charge in [-0.3, -0.25) is 9.59 Å². The summed E-state index contributed by atoms with van der Waals surface area (Å²) >= 11 is 0. The molecule has 2 amide bonds. The largest absolute Gasteiger partial charge is 0.357 e. The molecule has 1 atom stereocenters. The minimum atomic E-state index is -0.402. The van der Waals surface area contributed by atoms with Gasteiger partial charge in [-0.1, -0.05) is 0 Å². The van der Waals surface area contributed by atoms with Crippen LogP contribution in [0.2, 0.25) is 0 Å². The highest BCUT2D eigenvalue weighted by atomic mass is 16.2. The highest BCUT2D eigenvalue weighted by Crippen LogP contribution is 2.20. The van der Waals surface area contributed by atoms with E-state index in [2.05, 4.69) is 25.5 Å². The van der Waals surface area contributed by atoms with Gasteiger partial charge in [0.1, 0.15) is 17.6 Å². The van der Waals surface area contributed by atoms with E-state index in [9.17, 15) is 9.59 Å². The van der Waals surface area contributed by atoms with Gasteiger partial charge in [-0.2, -0.15) is 0 Å². The Hall–Kier alpha value is -2.22. The zero-order valence-corrected chi connectivity index (χ0v) is 14.0. The standard InChI is InChI=1S/C16H24N6O2/c1-17-15(23)13-4-2-8-22(13)16(24)12-10-20-14(11-19-12)21-7-3-5-18-6-9-21/h10-11,13,18H,2-9H2,1H3,(H,17,23)/t13-/m0/s1. The molecule has 1 aromatic rings. The monoisotopic (exact) mass is 332 g/mol. The Balaban J connectivity index is 1.70. The van der Waals surface area contributed by atoms with Crippen LogP contribution in [0, 0.1) is 0 Å². The van der Waals surface area contributed by atoms with Crippen molar-refractivity contribution in [2.75, 3.05) is 44.7 Å². The average Bonchev–Trinajstić information content (AvgIpc) is 2.95. The fourth-order valence-corrected chi connectivity index (χ4v) is 3.27. The van der Waals surface area contributed by atoms with Crippen LogP contribution in [-0.2, 0) is 4.79 Å². The molecule has 2 aliphatic rings. The van der Waals surface area contributed by atoms with Gasteiger partial charge in [-0.05, 0) is 25.8 Å². The van der Waals surface area contributed by atoms with Gasteiger partial charge in [-0.15, -0.1) is 0 Å². The molecule has 3 rings (SSSR count). The van der Waals surface area contributed by atoms with Crippen molar-refractivity contribution in [1.82, 2.24) is 25.5 Å². The van der Waals surface area contributed by atoms with E-state index in [0.29, 0.717) is 18.7 Å². The highest BCUT2D eigenvalue weighted by Gasteiger charge is 2.34. The quantitative estimate of drug-likeness (QED) is 0.785. The van der Waals surface area contributed by atoms with Crippen LogP contribution in [0.25, 0.3) is 0 Å². The average molecular weight is 332 g/mol. The maximum Gasteiger partial charge on any atom is 0.274 e. The lowest BCUT2D eigenvalue weighted by atomic mass is 10.2. The van der Waals surface area contributed by atoms with Gasteiger partial charge in [0.15, 0.2) is 0 Å². The van der Waals surface area contributed by atoms with Crippen LogP contribution in [0.15, 0.2) is 12.4 Å². The third-order valence-electron chi connectivity index (χ3n) is 4.58. The van der Waals surface area contributed by atoms with Crippen molar-refractivity contribution in [3.63, 3.8) is 0 Å². The molecular formula is C16H24N6O2. The summed E-state index contributed by atoms with van der Waals surface area (Å²) in [5.74, 6) is 0.444. The number of hydrogen-bond acceptors (Lipinski definition) is 6. The van der Waals surface area contributed by atoms with Crippen LogP contribution in [-0.4, -0.2) is 72.5 Å². The topological polar surface area (TPSA) is 90.5 Å². The summed E-state index contributed by atoms with van der Waals surface area (Å²) in [4.78, 5) is 37.0. The molecule has 24 heavy (non-hydrogen) atoms. The third-order valence-corrected chi connectivity index (χ3v) is 4.58. The van der Waals surface area contributed by atoms with E-state index >= 15 is 0 Å². The summed E-state index contributed by atoms with van der Waals surface area (Å²) in [6.07, 6.45) is 5.76. The molecule has 8 heteroatoms. The van der Waals surface area contributed by atoms with Gasteiger partial charge in [0.05, 0.1) is 12.4 Å². The molecule has 0 spiro atoms. The number of rotatable bonds is 3. The summed E-state index contributed by atoms with van der Waals surface area (Å²) in [6.45, 7) is 4.32. The Morgan fingerprint density at radius 2 is 2.04 bits per heavy atom. The second-order valence-corrected chi connectivity index (χ2v) is 6.12.